The van der Waals surface area contributed by atoms with Crippen LogP contribution in [0, 0.1) is 11.8 Å². The summed E-state index contributed by atoms with van der Waals surface area (Å²) in [6, 6.07) is 0. The fraction of sp³-hybridized carbons (Fsp3) is 0.857. The number of nitrogens with zero attached hydrogens (tertiary/aromatic N) is 1. The maximum absolute atomic E-state index is 11.8. The van der Waals surface area contributed by atoms with Gasteiger partial charge in [-0.3, -0.25) is 9.69 Å². The van der Waals surface area contributed by atoms with Gasteiger partial charge < -0.3 is 9.84 Å². The molecule has 1 fully saturated rings. The third-order valence-corrected chi connectivity index (χ3v) is 5.29. The molecule has 0 aromatic rings. The summed E-state index contributed by atoms with van der Waals surface area (Å²) in [6.45, 7) is 10.0. The van der Waals surface area contributed by atoms with Crippen LogP contribution in [0.15, 0.2) is 12.2 Å². The van der Waals surface area contributed by atoms with Crippen molar-refractivity contribution < 1.29 is 14.6 Å². The van der Waals surface area contributed by atoms with Gasteiger partial charge in [-0.2, -0.15) is 0 Å². The number of aliphatic hydroxyl groups is 1. The number of carbonyl (C=O) groups excluding carboxylic acids is 1. The first kappa shape index (κ1) is 22.2. The summed E-state index contributed by atoms with van der Waals surface area (Å²) in [6.07, 6.45) is 12.0. The Labute approximate surface area is 154 Å². The van der Waals surface area contributed by atoms with Gasteiger partial charge in [0, 0.05) is 13.0 Å². The van der Waals surface area contributed by atoms with E-state index >= 15 is 0 Å². The lowest BCUT2D eigenvalue weighted by molar-refractivity contribution is -0.144. The second-order valence-corrected chi connectivity index (χ2v) is 7.43. The minimum atomic E-state index is -0.112. The van der Waals surface area contributed by atoms with Gasteiger partial charge in [-0.05, 0) is 69.9 Å². The third-order valence-electron chi connectivity index (χ3n) is 5.29. The van der Waals surface area contributed by atoms with E-state index in [-0.39, 0.29) is 12.1 Å². The summed E-state index contributed by atoms with van der Waals surface area (Å²) in [5, 5.41) is 9.76. The summed E-state index contributed by atoms with van der Waals surface area (Å²) < 4.78 is 5.35. The molecule has 4 nitrogen and oxygen atoms in total. The average Bonchev–Trinajstić information content (AvgIpc) is 2.90. The predicted octanol–water partition coefficient (Wildman–Crippen LogP) is 4.18. The largest absolute Gasteiger partial charge is 0.464 e. The van der Waals surface area contributed by atoms with Crippen molar-refractivity contribution in [2.75, 3.05) is 26.2 Å². The van der Waals surface area contributed by atoms with E-state index in [2.05, 4.69) is 37.8 Å². The highest BCUT2D eigenvalue weighted by Crippen LogP contribution is 2.34. The number of ether oxygens (including phenoxy) is 1. The maximum atomic E-state index is 11.8. The zero-order valence-electron chi connectivity index (χ0n) is 16.6. The number of esters is 1. The number of unbranched alkanes of at least 4 members (excludes halogenated alkanes) is 1. The molecule has 25 heavy (non-hydrogen) atoms. The fourth-order valence-electron chi connectivity index (χ4n) is 3.64. The van der Waals surface area contributed by atoms with Crippen LogP contribution >= 0.6 is 0 Å². The van der Waals surface area contributed by atoms with E-state index in [1.165, 1.54) is 0 Å². The summed E-state index contributed by atoms with van der Waals surface area (Å²) in [7, 11) is 0. The number of hydrogen-bond donors (Lipinski definition) is 1. The van der Waals surface area contributed by atoms with Crippen LogP contribution in [0.4, 0.5) is 0 Å². The van der Waals surface area contributed by atoms with Crippen molar-refractivity contribution in [2.24, 2.45) is 11.8 Å². The topological polar surface area (TPSA) is 49.8 Å². The molecule has 3 atom stereocenters. The Balaban J connectivity index is 2.03. The van der Waals surface area contributed by atoms with E-state index in [9.17, 15) is 9.90 Å². The minimum absolute atomic E-state index is 0.0751. The second-order valence-electron chi connectivity index (χ2n) is 7.43. The summed E-state index contributed by atoms with van der Waals surface area (Å²) >= 11 is 0. The first-order chi connectivity index (χ1) is 12.1. The molecule has 1 N–H and O–H groups in total. The highest BCUT2D eigenvalue weighted by atomic mass is 16.5. The van der Waals surface area contributed by atoms with Crippen LogP contribution in [0.5, 0.6) is 0 Å². The van der Waals surface area contributed by atoms with Crippen molar-refractivity contribution in [2.45, 2.75) is 78.2 Å². The summed E-state index contributed by atoms with van der Waals surface area (Å²) in [5.41, 5.74) is 0. The Hall–Kier alpha value is -0.870. The molecule has 0 heterocycles. The quantitative estimate of drug-likeness (QED) is 0.307. The number of carbonyl (C=O) groups is 1. The maximum Gasteiger partial charge on any atom is 0.305 e. The van der Waals surface area contributed by atoms with Gasteiger partial charge in [-0.1, -0.05) is 32.9 Å². The SMILES string of the molecule is CCCN(CCC)CCOC(=O)CCC/C=C\C[C@H]1CC[C@@H](O)C1C. The molecule has 146 valence electrons. The van der Waals surface area contributed by atoms with Crippen molar-refractivity contribution in [3.63, 3.8) is 0 Å². The molecular weight excluding hydrogens is 314 g/mol. The van der Waals surface area contributed by atoms with E-state index in [1.54, 1.807) is 0 Å². The highest BCUT2D eigenvalue weighted by molar-refractivity contribution is 5.69. The van der Waals surface area contributed by atoms with Gasteiger partial charge in [0.05, 0.1) is 6.10 Å². The number of aliphatic hydroxyl groups excluding tert-OH is 1. The van der Waals surface area contributed by atoms with E-state index in [1.807, 2.05) is 0 Å². The van der Waals surface area contributed by atoms with E-state index in [0.29, 0.717) is 24.9 Å². The molecule has 1 aliphatic carbocycles. The standard InChI is InChI=1S/C21H39NO3/c1-4-14-22(15-5-2)16-17-25-21(24)11-9-7-6-8-10-19-12-13-20(23)18(19)3/h6,8,18-20,23H,4-5,7,9-17H2,1-3H3/b8-6-/t18?,19-,20+/m0/s1. The van der Waals surface area contributed by atoms with Crippen LogP contribution in [-0.2, 0) is 9.53 Å². The molecule has 0 amide bonds. The van der Waals surface area contributed by atoms with E-state index < -0.39 is 0 Å². The lowest BCUT2D eigenvalue weighted by Gasteiger charge is -2.20. The van der Waals surface area contributed by atoms with Crippen LogP contribution in [0.1, 0.15) is 72.1 Å². The van der Waals surface area contributed by atoms with Crippen molar-refractivity contribution in [1.82, 2.24) is 4.90 Å². The average molecular weight is 354 g/mol. The summed E-state index contributed by atoms with van der Waals surface area (Å²) in [4.78, 5) is 14.1. The molecule has 0 radical (unpaired) electrons. The smallest absolute Gasteiger partial charge is 0.305 e. The molecule has 1 rings (SSSR count). The number of rotatable bonds is 13. The lowest BCUT2D eigenvalue weighted by atomic mass is 9.93. The van der Waals surface area contributed by atoms with Gasteiger partial charge in [-0.15, -0.1) is 0 Å². The second kappa shape index (κ2) is 13.3. The van der Waals surface area contributed by atoms with Gasteiger partial charge in [0.25, 0.3) is 0 Å². The molecule has 0 bridgehead atoms. The Morgan fingerprint density at radius 2 is 1.88 bits per heavy atom. The van der Waals surface area contributed by atoms with Crippen molar-refractivity contribution in [3.05, 3.63) is 12.2 Å². The minimum Gasteiger partial charge on any atom is -0.464 e. The highest BCUT2D eigenvalue weighted by Gasteiger charge is 2.29. The fourth-order valence-corrected chi connectivity index (χ4v) is 3.64. The van der Waals surface area contributed by atoms with E-state index in [0.717, 1.165) is 64.6 Å². The molecule has 0 aromatic heterocycles. The van der Waals surface area contributed by atoms with Crippen LogP contribution in [0.3, 0.4) is 0 Å². The Bertz CT molecular complexity index is 377. The first-order valence-corrected chi connectivity index (χ1v) is 10.3. The van der Waals surface area contributed by atoms with Gasteiger partial charge in [0.2, 0.25) is 0 Å². The monoisotopic (exact) mass is 353 g/mol. The Kier molecular flexibility index (Phi) is 11.8. The van der Waals surface area contributed by atoms with Gasteiger partial charge in [0.1, 0.15) is 6.61 Å². The van der Waals surface area contributed by atoms with Crippen molar-refractivity contribution >= 4 is 5.97 Å². The van der Waals surface area contributed by atoms with Crippen molar-refractivity contribution in [3.8, 4) is 0 Å². The number of hydrogen-bond acceptors (Lipinski definition) is 4. The van der Waals surface area contributed by atoms with Crippen LogP contribution < -0.4 is 0 Å². The molecule has 0 aromatic carbocycles. The zero-order valence-corrected chi connectivity index (χ0v) is 16.6. The van der Waals surface area contributed by atoms with E-state index in [4.69, 9.17) is 4.74 Å². The first-order valence-electron chi connectivity index (χ1n) is 10.3. The molecular formula is C21H39NO3. The Morgan fingerprint density at radius 1 is 1.16 bits per heavy atom. The number of allylic oxidation sites excluding steroid dienone is 2. The normalized spacial score (nSPS) is 23.6. The van der Waals surface area contributed by atoms with Crippen LogP contribution in [0.2, 0.25) is 0 Å². The molecule has 1 saturated carbocycles. The van der Waals surface area contributed by atoms with Crippen molar-refractivity contribution in [1.29, 1.82) is 0 Å². The molecule has 4 heteroatoms. The van der Waals surface area contributed by atoms with Crippen LogP contribution in [0.25, 0.3) is 0 Å². The predicted molar refractivity (Wildman–Crippen MR) is 103 cm³/mol. The van der Waals surface area contributed by atoms with Gasteiger partial charge in [-0.25, -0.2) is 0 Å². The molecule has 0 saturated heterocycles. The molecule has 0 aliphatic heterocycles. The molecule has 1 unspecified atom stereocenters. The molecule has 1 aliphatic rings. The van der Waals surface area contributed by atoms with Gasteiger partial charge in [0.15, 0.2) is 0 Å². The van der Waals surface area contributed by atoms with Gasteiger partial charge >= 0.3 is 5.97 Å². The Morgan fingerprint density at radius 3 is 2.48 bits per heavy atom. The molecule has 0 spiro atoms. The zero-order chi connectivity index (χ0) is 18.5. The van der Waals surface area contributed by atoms with Crippen LogP contribution in [-0.4, -0.2) is 48.3 Å². The lowest BCUT2D eigenvalue weighted by Crippen LogP contribution is -2.29. The third kappa shape index (κ3) is 9.41. The summed E-state index contributed by atoms with van der Waals surface area (Å²) in [5.74, 6) is 0.957.